The van der Waals surface area contributed by atoms with Crippen molar-refractivity contribution in [1.29, 1.82) is 0 Å². The van der Waals surface area contributed by atoms with Crippen molar-refractivity contribution < 1.29 is 9.90 Å². The average Bonchev–Trinajstić information content (AvgIpc) is 2.97. The van der Waals surface area contributed by atoms with E-state index in [4.69, 9.17) is 0 Å². The molecule has 1 N–H and O–H groups in total. The lowest BCUT2D eigenvalue weighted by Gasteiger charge is -2.05. The molecule has 0 unspecified atom stereocenters. The Morgan fingerprint density at radius 2 is 1.71 bits per heavy atom. The number of aliphatic carboxylic acids is 1. The van der Waals surface area contributed by atoms with Crippen LogP contribution in [0.25, 0.3) is 12.2 Å². The van der Waals surface area contributed by atoms with Crippen molar-refractivity contribution in [1.82, 2.24) is 4.57 Å². The third kappa shape index (κ3) is 5.92. The average molecular weight is 327 g/mol. The largest absolute Gasteiger partial charge is 0.478 e. The lowest BCUT2D eigenvalue weighted by atomic mass is 10.2. The Balaban J connectivity index is 0.00000123. The van der Waals surface area contributed by atoms with Crippen LogP contribution in [-0.4, -0.2) is 15.6 Å². The molecule has 0 saturated carbocycles. The fourth-order valence-corrected chi connectivity index (χ4v) is 2.18. The number of nitrogens with zero attached hydrogens (tertiary/aromatic N) is 1. The Morgan fingerprint density at radius 3 is 2.21 bits per heavy atom. The maximum Gasteiger partial charge on any atom is 0.337 e. The predicted molar refractivity (Wildman–Crippen MR) is 103 cm³/mol. The monoisotopic (exact) mass is 327 g/mol. The van der Waals surface area contributed by atoms with Gasteiger partial charge in [-0.1, -0.05) is 70.7 Å². The lowest BCUT2D eigenvalue weighted by molar-refractivity contribution is -0.130. The highest BCUT2D eigenvalue weighted by molar-refractivity contribution is 6.12. The molecule has 0 radical (unpaired) electrons. The first kappa shape index (κ1) is 21.4. The van der Waals surface area contributed by atoms with Gasteiger partial charge in [0, 0.05) is 12.7 Å². The first-order valence-electron chi connectivity index (χ1n) is 8.41. The molecular weight excluding hydrogens is 298 g/mol. The van der Waals surface area contributed by atoms with Crippen LogP contribution < -0.4 is 10.6 Å². The van der Waals surface area contributed by atoms with Gasteiger partial charge in [0.25, 0.3) is 0 Å². The van der Waals surface area contributed by atoms with Crippen molar-refractivity contribution in [2.24, 2.45) is 0 Å². The zero-order valence-corrected chi connectivity index (χ0v) is 15.4. The Hall–Kier alpha value is -2.55. The molecule has 0 bridgehead atoms. The second kappa shape index (κ2) is 11.9. The molecule has 2 rings (SSSR count). The maximum absolute atomic E-state index is 11.4. The fraction of sp³-hybridized carbons (Fsp3) is 0.286. The Labute approximate surface area is 145 Å². The van der Waals surface area contributed by atoms with E-state index >= 15 is 0 Å². The summed E-state index contributed by atoms with van der Waals surface area (Å²) in [7, 11) is 0. The minimum Gasteiger partial charge on any atom is -0.478 e. The highest BCUT2D eigenvalue weighted by Crippen LogP contribution is 2.01. The second-order valence-corrected chi connectivity index (χ2v) is 4.52. The molecule has 3 heteroatoms. The smallest absolute Gasteiger partial charge is 0.337 e. The number of hydrogen-bond donors (Lipinski definition) is 1. The molecule has 0 atom stereocenters. The Morgan fingerprint density at radius 1 is 1.12 bits per heavy atom. The molecule has 0 aliphatic rings. The van der Waals surface area contributed by atoms with Crippen LogP contribution in [0.4, 0.5) is 0 Å². The molecule has 0 amide bonds. The minimum atomic E-state index is -0.944. The van der Waals surface area contributed by atoms with Crippen molar-refractivity contribution >= 4 is 18.1 Å². The van der Waals surface area contributed by atoms with E-state index in [-0.39, 0.29) is 5.57 Å². The summed E-state index contributed by atoms with van der Waals surface area (Å²) >= 11 is 0. The standard InChI is InChI=1S/C17H17NO2.2C2H6/c1-3-7-15(17(19)20)16-13(2)10-11-18(16)12-14-8-5-4-6-9-14;2*1-2/h3-11H,2,12H2,1H3,(H,19,20);2*1-2H3/b7-3-,16-15-;;. The molecule has 3 nitrogen and oxygen atoms in total. The normalized spacial score (nSPS) is 11.0. The fourth-order valence-electron chi connectivity index (χ4n) is 2.18. The van der Waals surface area contributed by atoms with Crippen molar-refractivity contribution in [3.63, 3.8) is 0 Å². The quantitative estimate of drug-likeness (QED) is 0.928. The molecule has 0 aliphatic carbocycles. The number of hydrogen-bond acceptors (Lipinski definition) is 1. The van der Waals surface area contributed by atoms with E-state index in [1.54, 1.807) is 19.1 Å². The van der Waals surface area contributed by atoms with E-state index in [0.29, 0.717) is 11.9 Å². The molecule has 1 aromatic carbocycles. The number of carboxylic acid groups (broad SMARTS) is 1. The lowest BCUT2D eigenvalue weighted by Crippen LogP contribution is -2.32. The van der Waals surface area contributed by atoms with Crippen LogP contribution in [0, 0.1) is 0 Å². The first-order valence-corrected chi connectivity index (χ1v) is 8.41. The third-order valence-electron chi connectivity index (χ3n) is 3.06. The van der Waals surface area contributed by atoms with Gasteiger partial charge in [-0.15, -0.1) is 0 Å². The van der Waals surface area contributed by atoms with Gasteiger partial charge in [-0.2, -0.15) is 0 Å². The van der Waals surface area contributed by atoms with Crippen LogP contribution >= 0.6 is 0 Å². The Bertz CT molecular complexity index is 740. The molecule has 0 spiro atoms. The molecule has 24 heavy (non-hydrogen) atoms. The zero-order chi connectivity index (χ0) is 18.5. The van der Waals surface area contributed by atoms with Gasteiger partial charge < -0.3 is 9.67 Å². The topological polar surface area (TPSA) is 42.2 Å². The SMILES string of the molecule is C=c1ccn(Cc2ccccc2)/c1=C(/C=C\C)C(=O)O.CC.CC. The number of allylic oxidation sites excluding steroid dienone is 1. The highest BCUT2D eigenvalue weighted by atomic mass is 16.4. The highest BCUT2D eigenvalue weighted by Gasteiger charge is 2.08. The zero-order valence-electron chi connectivity index (χ0n) is 15.4. The van der Waals surface area contributed by atoms with Crippen LogP contribution in [-0.2, 0) is 11.3 Å². The maximum atomic E-state index is 11.4. The molecule has 0 aliphatic heterocycles. The van der Waals surface area contributed by atoms with Crippen molar-refractivity contribution in [2.45, 2.75) is 41.2 Å². The van der Waals surface area contributed by atoms with Gasteiger partial charge in [-0.25, -0.2) is 4.79 Å². The summed E-state index contributed by atoms with van der Waals surface area (Å²) in [6.07, 6.45) is 5.20. The van der Waals surface area contributed by atoms with Crippen molar-refractivity contribution in [3.05, 3.63) is 70.9 Å². The number of carboxylic acids is 1. The first-order chi connectivity index (χ1) is 11.6. The number of aromatic nitrogens is 1. The molecule has 2 aromatic rings. The summed E-state index contributed by atoms with van der Waals surface area (Å²) in [5.41, 5.74) is 1.38. The van der Waals surface area contributed by atoms with Crippen molar-refractivity contribution in [2.75, 3.05) is 0 Å². The van der Waals surface area contributed by atoms with Gasteiger partial charge >= 0.3 is 5.97 Å². The molecule has 0 saturated heterocycles. The van der Waals surface area contributed by atoms with Gasteiger partial charge in [0.2, 0.25) is 0 Å². The van der Waals surface area contributed by atoms with Crippen molar-refractivity contribution in [3.8, 4) is 0 Å². The predicted octanol–water partition coefficient (Wildman–Crippen LogP) is 3.81. The van der Waals surface area contributed by atoms with E-state index in [2.05, 4.69) is 6.58 Å². The summed E-state index contributed by atoms with van der Waals surface area (Å²) in [6.45, 7) is 14.4. The Kier molecular flexibility index (Phi) is 10.7. The van der Waals surface area contributed by atoms with Gasteiger partial charge in [-0.05, 0) is 29.8 Å². The number of rotatable bonds is 4. The molecule has 130 valence electrons. The molecule has 1 heterocycles. The van der Waals surface area contributed by atoms with Gasteiger partial charge in [0.05, 0.1) is 10.9 Å². The molecular formula is C21H29NO2. The summed E-state index contributed by atoms with van der Waals surface area (Å²) < 4.78 is 1.92. The van der Waals surface area contributed by atoms with E-state index in [0.717, 1.165) is 10.8 Å². The second-order valence-electron chi connectivity index (χ2n) is 4.52. The van der Waals surface area contributed by atoms with Crippen LogP contribution in [0.1, 0.15) is 40.2 Å². The summed E-state index contributed by atoms with van der Waals surface area (Å²) in [5.74, 6) is -0.944. The molecule has 0 fully saturated rings. The van der Waals surface area contributed by atoms with Gasteiger partial charge in [-0.3, -0.25) is 0 Å². The summed E-state index contributed by atoms with van der Waals surface area (Å²) in [5, 5.41) is 10.7. The van der Waals surface area contributed by atoms with E-state index in [1.807, 2.05) is 74.9 Å². The number of carbonyl (C=O) groups is 1. The molecule has 1 aromatic heterocycles. The van der Waals surface area contributed by atoms with E-state index < -0.39 is 5.97 Å². The van der Waals surface area contributed by atoms with Gasteiger partial charge in [0.1, 0.15) is 0 Å². The van der Waals surface area contributed by atoms with E-state index in [1.165, 1.54) is 0 Å². The third-order valence-corrected chi connectivity index (χ3v) is 3.06. The van der Waals surface area contributed by atoms with Crippen LogP contribution in [0.3, 0.4) is 0 Å². The summed E-state index contributed by atoms with van der Waals surface area (Å²) in [6, 6.07) is 11.8. The van der Waals surface area contributed by atoms with E-state index in [9.17, 15) is 9.90 Å². The van der Waals surface area contributed by atoms with Crippen LogP contribution in [0.5, 0.6) is 0 Å². The summed E-state index contributed by atoms with van der Waals surface area (Å²) in [4.78, 5) is 11.4. The number of benzene rings is 1. The van der Waals surface area contributed by atoms with Gasteiger partial charge in [0.15, 0.2) is 0 Å². The minimum absolute atomic E-state index is 0.262. The van der Waals surface area contributed by atoms with Crippen LogP contribution in [0.15, 0.2) is 54.7 Å². The van der Waals surface area contributed by atoms with Crippen LogP contribution in [0.2, 0.25) is 0 Å².